The molecular weight excluding hydrogens is 416 g/mol. The molecule has 150 valence electrons. The molecule has 0 bridgehead atoms. The molecule has 2 aliphatic rings. The third kappa shape index (κ3) is 3.68. The highest BCUT2D eigenvalue weighted by Crippen LogP contribution is 2.40. The largest absolute Gasteiger partial charge is 0.477 e. The van der Waals surface area contributed by atoms with Crippen LogP contribution in [0.15, 0.2) is 34.9 Å². The number of aromatic nitrogens is 4. The number of nitrogens with one attached hydrogen (secondary N) is 1. The number of carbonyl (C=O) groups excluding carboxylic acids is 2. The standard InChI is InChI=1S/C17H16N6O4S2/c1-22-11(19-20-21-22)5-4-9-8-29-16-13(15(25)23(16)14(9)17(26)27)18-12(24)7-10-3-2-6-28-10/h2-6,13,16H,7-8H2,1H3,(H,18,24)(H,26,27)/t13?,16-/m1/s1. The number of β-lactam (4-membered cyclic amide) rings is 1. The van der Waals surface area contributed by atoms with E-state index in [4.69, 9.17) is 0 Å². The number of carbonyl (C=O) groups is 3. The number of thioether (sulfide) groups is 1. The zero-order valence-corrected chi connectivity index (χ0v) is 16.8. The fraction of sp³-hybridized carbons (Fsp3) is 0.294. The normalized spacial score (nSPS) is 21.3. The number of aliphatic carboxylic acids is 1. The van der Waals surface area contributed by atoms with E-state index in [0.29, 0.717) is 17.2 Å². The van der Waals surface area contributed by atoms with Gasteiger partial charge in [-0.3, -0.25) is 14.5 Å². The number of hydrogen-bond donors (Lipinski definition) is 2. The zero-order chi connectivity index (χ0) is 20.5. The molecule has 0 aromatic carbocycles. The first kappa shape index (κ1) is 19.3. The van der Waals surface area contributed by atoms with E-state index in [0.717, 1.165) is 4.88 Å². The lowest BCUT2D eigenvalue weighted by Crippen LogP contribution is -2.70. The number of rotatable bonds is 6. The fourth-order valence-electron chi connectivity index (χ4n) is 3.12. The summed E-state index contributed by atoms with van der Waals surface area (Å²) in [5, 5.41) is 24.9. The monoisotopic (exact) mass is 432 g/mol. The Hall–Kier alpha value is -2.99. The van der Waals surface area contributed by atoms with Crippen molar-refractivity contribution >= 4 is 47.0 Å². The highest BCUT2D eigenvalue weighted by molar-refractivity contribution is 8.00. The van der Waals surface area contributed by atoms with Gasteiger partial charge in [0.25, 0.3) is 5.91 Å². The molecule has 1 unspecified atom stereocenters. The van der Waals surface area contributed by atoms with Crippen LogP contribution in [0.25, 0.3) is 6.08 Å². The molecule has 0 aliphatic carbocycles. The summed E-state index contributed by atoms with van der Waals surface area (Å²) in [7, 11) is 1.67. The van der Waals surface area contributed by atoms with E-state index in [1.165, 1.54) is 32.7 Å². The molecule has 4 rings (SSSR count). The van der Waals surface area contributed by atoms with Gasteiger partial charge >= 0.3 is 5.97 Å². The van der Waals surface area contributed by atoms with Crippen LogP contribution in [0.5, 0.6) is 0 Å². The Morgan fingerprint density at radius 2 is 2.24 bits per heavy atom. The first-order valence-electron chi connectivity index (χ1n) is 8.59. The first-order valence-corrected chi connectivity index (χ1v) is 10.5. The fourth-order valence-corrected chi connectivity index (χ4v) is 5.14. The number of hydrogen-bond acceptors (Lipinski definition) is 8. The summed E-state index contributed by atoms with van der Waals surface area (Å²) in [6.45, 7) is 0. The van der Waals surface area contributed by atoms with Gasteiger partial charge in [0.1, 0.15) is 17.1 Å². The van der Waals surface area contributed by atoms with Gasteiger partial charge in [-0.1, -0.05) is 12.1 Å². The maximum Gasteiger partial charge on any atom is 0.352 e. The van der Waals surface area contributed by atoms with E-state index < -0.39 is 23.3 Å². The van der Waals surface area contributed by atoms with Crippen molar-refractivity contribution in [2.45, 2.75) is 17.8 Å². The molecule has 29 heavy (non-hydrogen) atoms. The van der Waals surface area contributed by atoms with Crippen LogP contribution in [0, 0.1) is 0 Å². The number of thiophene rings is 1. The maximum absolute atomic E-state index is 12.6. The SMILES string of the molecule is Cn1nnnc1C=CC1=C(C(=O)O)N2C(=O)C(NC(=O)Cc3cccs3)[C@H]2SC1. The molecule has 2 N–H and O–H groups in total. The summed E-state index contributed by atoms with van der Waals surface area (Å²) in [5.74, 6) is -1.03. The number of amides is 2. The van der Waals surface area contributed by atoms with E-state index >= 15 is 0 Å². The Morgan fingerprint density at radius 1 is 1.41 bits per heavy atom. The first-order chi connectivity index (χ1) is 14.0. The van der Waals surface area contributed by atoms with Crippen molar-refractivity contribution in [3.05, 3.63) is 45.6 Å². The molecule has 2 aliphatic heterocycles. The second-order valence-corrected chi connectivity index (χ2v) is 8.52. The van der Waals surface area contributed by atoms with E-state index in [-0.39, 0.29) is 18.0 Å². The van der Waals surface area contributed by atoms with Gasteiger partial charge in [-0.2, -0.15) is 0 Å². The number of fused-ring (bicyclic) bond motifs is 1. The number of carboxylic acid groups (broad SMARTS) is 1. The van der Waals surface area contributed by atoms with E-state index in [1.807, 2.05) is 17.5 Å². The van der Waals surface area contributed by atoms with Crippen molar-refractivity contribution in [2.75, 3.05) is 5.75 Å². The van der Waals surface area contributed by atoms with Crippen molar-refractivity contribution in [1.29, 1.82) is 0 Å². The predicted octanol–water partition coefficient (Wildman–Crippen LogP) is 0.266. The molecule has 2 aromatic rings. The van der Waals surface area contributed by atoms with E-state index in [9.17, 15) is 19.5 Å². The van der Waals surface area contributed by atoms with Gasteiger partial charge in [-0.15, -0.1) is 28.2 Å². The van der Waals surface area contributed by atoms with Gasteiger partial charge in [-0.25, -0.2) is 9.48 Å². The maximum atomic E-state index is 12.6. The van der Waals surface area contributed by atoms with Crippen molar-refractivity contribution in [3.8, 4) is 0 Å². The van der Waals surface area contributed by atoms with Crippen molar-refractivity contribution in [1.82, 2.24) is 30.4 Å². The zero-order valence-electron chi connectivity index (χ0n) is 15.2. The molecule has 0 spiro atoms. The summed E-state index contributed by atoms with van der Waals surface area (Å²) < 4.78 is 1.45. The Labute approximate surface area is 173 Å². The molecule has 2 amide bonds. The average Bonchev–Trinajstić information content (AvgIpc) is 3.35. The van der Waals surface area contributed by atoms with Crippen molar-refractivity contribution in [2.24, 2.45) is 7.05 Å². The minimum atomic E-state index is -1.19. The van der Waals surface area contributed by atoms with Crippen LogP contribution in [0.2, 0.25) is 0 Å². The van der Waals surface area contributed by atoms with Gasteiger partial charge in [0.2, 0.25) is 5.91 Å². The lowest BCUT2D eigenvalue weighted by Gasteiger charge is -2.49. The molecule has 2 atom stereocenters. The van der Waals surface area contributed by atoms with Crippen LogP contribution in [0.1, 0.15) is 10.7 Å². The Morgan fingerprint density at radius 3 is 2.90 bits per heavy atom. The molecule has 4 heterocycles. The minimum absolute atomic E-state index is 0.0751. The topological polar surface area (TPSA) is 130 Å². The lowest BCUT2D eigenvalue weighted by molar-refractivity contribution is -0.150. The van der Waals surface area contributed by atoms with Crippen LogP contribution in [-0.2, 0) is 27.9 Å². The van der Waals surface area contributed by atoms with E-state index in [1.54, 1.807) is 19.2 Å². The summed E-state index contributed by atoms with van der Waals surface area (Å²) in [5.41, 5.74) is 0.410. The van der Waals surface area contributed by atoms with Crippen LogP contribution in [0.4, 0.5) is 0 Å². The molecule has 0 saturated carbocycles. The molecule has 0 radical (unpaired) electrons. The average molecular weight is 432 g/mol. The number of nitrogens with zero attached hydrogens (tertiary/aromatic N) is 5. The second kappa shape index (κ2) is 7.79. The molecule has 1 saturated heterocycles. The summed E-state index contributed by atoms with van der Waals surface area (Å²) in [4.78, 5) is 38.8. The number of allylic oxidation sites excluding steroid dienone is 1. The summed E-state index contributed by atoms with van der Waals surface area (Å²) in [6.07, 6.45) is 3.40. The van der Waals surface area contributed by atoms with Crippen LogP contribution >= 0.6 is 23.1 Å². The van der Waals surface area contributed by atoms with Crippen LogP contribution in [-0.4, -0.2) is 65.2 Å². The van der Waals surface area contributed by atoms with Gasteiger partial charge in [0, 0.05) is 17.7 Å². The van der Waals surface area contributed by atoms with Crippen LogP contribution < -0.4 is 5.32 Å². The van der Waals surface area contributed by atoms with Gasteiger partial charge in [0.15, 0.2) is 5.82 Å². The summed E-state index contributed by atoms with van der Waals surface area (Å²) in [6, 6.07) is 2.98. The molecule has 12 heteroatoms. The van der Waals surface area contributed by atoms with E-state index in [2.05, 4.69) is 20.8 Å². The summed E-state index contributed by atoms with van der Waals surface area (Å²) >= 11 is 2.87. The highest BCUT2D eigenvalue weighted by Gasteiger charge is 2.53. The molecule has 1 fully saturated rings. The van der Waals surface area contributed by atoms with Gasteiger partial charge < -0.3 is 10.4 Å². The third-order valence-electron chi connectivity index (χ3n) is 4.52. The number of tetrazole rings is 1. The minimum Gasteiger partial charge on any atom is -0.477 e. The molecular formula is C17H16N6O4S2. The Balaban J connectivity index is 1.50. The Bertz CT molecular complexity index is 1030. The Kier molecular flexibility index (Phi) is 5.20. The second-order valence-electron chi connectivity index (χ2n) is 6.38. The lowest BCUT2D eigenvalue weighted by atomic mass is 10.0. The van der Waals surface area contributed by atoms with Crippen LogP contribution in [0.3, 0.4) is 0 Å². The smallest absolute Gasteiger partial charge is 0.352 e. The predicted molar refractivity (Wildman–Crippen MR) is 106 cm³/mol. The third-order valence-corrected chi connectivity index (χ3v) is 6.70. The quantitative estimate of drug-likeness (QED) is 0.622. The molecule has 2 aromatic heterocycles. The number of aryl methyl sites for hydroxylation is 1. The molecule has 10 nitrogen and oxygen atoms in total. The number of carboxylic acids is 1. The van der Waals surface area contributed by atoms with Crippen molar-refractivity contribution in [3.63, 3.8) is 0 Å². The van der Waals surface area contributed by atoms with Gasteiger partial charge in [-0.05, 0) is 33.5 Å². The van der Waals surface area contributed by atoms with Crippen molar-refractivity contribution < 1.29 is 19.5 Å². The highest BCUT2D eigenvalue weighted by atomic mass is 32.2. The van der Waals surface area contributed by atoms with Gasteiger partial charge in [0.05, 0.1) is 6.42 Å².